The van der Waals surface area contributed by atoms with Crippen LogP contribution in [0.15, 0.2) is 108 Å². The maximum atomic E-state index is 15.0. The lowest BCUT2D eigenvalue weighted by atomic mass is 10.0. The highest BCUT2D eigenvalue weighted by atomic mass is 35.5. The minimum atomic E-state index is -4.26. The number of rotatable bonds is 12. The summed E-state index contributed by atoms with van der Waals surface area (Å²) >= 11 is 6.02. The Balaban J connectivity index is 1.81. The highest BCUT2D eigenvalue weighted by molar-refractivity contribution is 7.92. The number of halogens is 2. The number of carbonyl (C=O) groups is 2. The third-order valence-corrected chi connectivity index (χ3v) is 9.04. The fourth-order valence-electron chi connectivity index (χ4n) is 4.72. The first-order valence-electron chi connectivity index (χ1n) is 14.2. The molecule has 0 bridgehead atoms. The van der Waals surface area contributed by atoms with E-state index in [-0.39, 0.29) is 35.2 Å². The summed E-state index contributed by atoms with van der Waals surface area (Å²) in [6, 6.07) is 26.3. The molecule has 0 saturated carbocycles. The molecule has 10 heteroatoms. The average molecular weight is 636 g/mol. The highest BCUT2D eigenvalue weighted by Crippen LogP contribution is 2.26. The molecular formula is C34H35ClFN3O4S. The van der Waals surface area contributed by atoms with E-state index < -0.39 is 40.2 Å². The molecule has 0 fully saturated rings. The van der Waals surface area contributed by atoms with Crippen molar-refractivity contribution in [3.63, 3.8) is 0 Å². The normalized spacial score (nSPS) is 12.0. The van der Waals surface area contributed by atoms with Gasteiger partial charge in [-0.2, -0.15) is 0 Å². The zero-order valence-electron chi connectivity index (χ0n) is 24.8. The number of hydrogen-bond acceptors (Lipinski definition) is 4. The number of amides is 2. The van der Waals surface area contributed by atoms with E-state index >= 15 is 0 Å². The van der Waals surface area contributed by atoms with Crippen molar-refractivity contribution in [2.45, 2.75) is 50.7 Å². The molecule has 1 N–H and O–H groups in total. The van der Waals surface area contributed by atoms with Crippen LogP contribution in [0.5, 0.6) is 0 Å². The molecule has 0 aliphatic carbocycles. The van der Waals surface area contributed by atoms with Gasteiger partial charge in [0.15, 0.2) is 0 Å². The van der Waals surface area contributed by atoms with Crippen LogP contribution >= 0.6 is 11.6 Å². The maximum Gasteiger partial charge on any atom is 0.264 e. The number of anilines is 1. The Kier molecular flexibility index (Phi) is 10.8. The topological polar surface area (TPSA) is 86.8 Å². The van der Waals surface area contributed by atoms with Crippen molar-refractivity contribution >= 4 is 39.1 Å². The summed E-state index contributed by atoms with van der Waals surface area (Å²) in [6.45, 7) is 4.58. The molecule has 0 aliphatic rings. The molecule has 0 unspecified atom stereocenters. The van der Waals surface area contributed by atoms with Crippen molar-refractivity contribution in [1.82, 2.24) is 10.2 Å². The van der Waals surface area contributed by atoms with E-state index in [1.807, 2.05) is 37.3 Å². The molecular weight excluding hydrogens is 601 g/mol. The summed E-state index contributed by atoms with van der Waals surface area (Å²) in [7, 11) is -4.26. The van der Waals surface area contributed by atoms with Crippen molar-refractivity contribution in [1.29, 1.82) is 0 Å². The van der Waals surface area contributed by atoms with Crippen LogP contribution in [0.3, 0.4) is 0 Å². The van der Waals surface area contributed by atoms with Gasteiger partial charge in [-0.25, -0.2) is 12.8 Å². The van der Waals surface area contributed by atoms with Gasteiger partial charge in [-0.05, 0) is 68.8 Å². The van der Waals surface area contributed by atoms with Gasteiger partial charge < -0.3 is 10.2 Å². The minimum absolute atomic E-state index is 0.0608. The molecule has 44 heavy (non-hydrogen) atoms. The van der Waals surface area contributed by atoms with Gasteiger partial charge in [0.05, 0.1) is 10.6 Å². The van der Waals surface area contributed by atoms with Gasteiger partial charge in [-0.1, -0.05) is 77.8 Å². The number of benzene rings is 4. The lowest BCUT2D eigenvalue weighted by molar-refractivity contribution is -0.140. The number of hydrogen-bond donors (Lipinski definition) is 1. The monoisotopic (exact) mass is 635 g/mol. The third-order valence-electron chi connectivity index (χ3n) is 7.00. The Bertz CT molecular complexity index is 1680. The van der Waals surface area contributed by atoms with E-state index in [2.05, 4.69) is 5.32 Å². The van der Waals surface area contributed by atoms with Crippen molar-refractivity contribution < 1.29 is 22.4 Å². The third kappa shape index (κ3) is 8.24. The van der Waals surface area contributed by atoms with Crippen LogP contribution in [-0.4, -0.2) is 43.8 Å². The second-order valence-corrected chi connectivity index (χ2v) is 13.1. The molecule has 230 valence electrons. The van der Waals surface area contributed by atoms with E-state index in [1.165, 1.54) is 47.4 Å². The Morgan fingerprint density at radius 2 is 1.48 bits per heavy atom. The summed E-state index contributed by atoms with van der Waals surface area (Å²) < 4.78 is 44.0. The van der Waals surface area contributed by atoms with Crippen molar-refractivity contribution in [2.75, 3.05) is 10.8 Å². The number of carbonyl (C=O) groups excluding carboxylic acids is 2. The molecule has 4 aromatic rings. The van der Waals surface area contributed by atoms with Gasteiger partial charge in [0.2, 0.25) is 11.8 Å². The molecule has 1 atom stereocenters. The van der Waals surface area contributed by atoms with Crippen molar-refractivity contribution in [3.8, 4) is 0 Å². The van der Waals surface area contributed by atoms with Crippen LogP contribution in [0.25, 0.3) is 0 Å². The molecule has 0 spiro atoms. The zero-order valence-corrected chi connectivity index (χ0v) is 26.4. The van der Waals surface area contributed by atoms with Gasteiger partial charge >= 0.3 is 0 Å². The first kappa shape index (κ1) is 32.7. The minimum Gasteiger partial charge on any atom is -0.352 e. The molecule has 0 radical (unpaired) electrons. The van der Waals surface area contributed by atoms with Gasteiger partial charge in [-0.3, -0.25) is 13.9 Å². The Morgan fingerprint density at radius 3 is 2.09 bits per heavy atom. The standard InChI is InChI=1S/C34H35ClFN3O4S/c1-24(2)37-34(41)32(21-26-9-5-4-6-10-26)38(22-27-11-7-8-12-31(27)36)33(40)23-39(29-17-13-25(3)14-18-29)44(42,43)30-19-15-28(35)16-20-30/h4-20,24,32H,21-23H2,1-3H3,(H,37,41)/t32-/m0/s1. The van der Waals surface area contributed by atoms with Crippen molar-refractivity contribution in [2.24, 2.45) is 0 Å². The molecule has 7 nitrogen and oxygen atoms in total. The fourth-order valence-corrected chi connectivity index (χ4v) is 6.26. The zero-order chi connectivity index (χ0) is 31.9. The Morgan fingerprint density at radius 1 is 0.864 bits per heavy atom. The van der Waals surface area contributed by atoms with E-state index in [9.17, 15) is 22.4 Å². The first-order valence-corrected chi connectivity index (χ1v) is 16.0. The predicted molar refractivity (Wildman–Crippen MR) is 171 cm³/mol. The Hall–Kier alpha value is -4.21. The second kappa shape index (κ2) is 14.5. The Labute approximate surface area is 263 Å². The van der Waals surface area contributed by atoms with Crippen LogP contribution in [-0.2, 0) is 32.6 Å². The summed E-state index contributed by atoms with van der Waals surface area (Å²) in [5.74, 6) is -1.65. The predicted octanol–water partition coefficient (Wildman–Crippen LogP) is 6.15. The highest BCUT2D eigenvalue weighted by Gasteiger charge is 2.35. The summed E-state index contributed by atoms with van der Waals surface area (Å²) in [5, 5.41) is 3.24. The summed E-state index contributed by atoms with van der Waals surface area (Å²) in [4.78, 5) is 29.2. The van der Waals surface area contributed by atoms with Crippen LogP contribution in [0.2, 0.25) is 5.02 Å². The van der Waals surface area contributed by atoms with E-state index in [1.54, 1.807) is 44.2 Å². The van der Waals surface area contributed by atoms with Crippen LogP contribution in [0.1, 0.15) is 30.5 Å². The van der Waals surface area contributed by atoms with Gasteiger partial charge in [0.1, 0.15) is 18.4 Å². The van der Waals surface area contributed by atoms with Gasteiger partial charge in [0, 0.05) is 29.6 Å². The van der Waals surface area contributed by atoms with E-state index in [0.29, 0.717) is 5.02 Å². The van der Waals surface area contributed by atoms with Crippen molar-refractivity contribution in [3.05, 3.63) is 131 Å². The van der Waals surface area contributed by atoms with Crippen LogP contribution in [0.4, 0.5) is 10.1 Å². The van der Waals surface area contributed by atoms with E-state index in [4.69, 9.17) is 11.6 Å². The number of nitrogens with one attached hydrogen (secondary N) is 1. The quantitative estimate of drug-likeness (QED) is 0.202. The number of nitrogens with zero attached hydrogens (tertiary/aromatic N) is 2. The average Bonchev–Trinajstić information content (AvgIpc) is 2.99. The molecule has 0 aliphatic heterocycles. The SMILES string of the molecule is Cc1ccc(N(CC(=O)N(Cc2ccccc2F)[C@@H](Cc2ccccc2)C(=O)NC(C)C)S(=O)(=O)c2ccc(Cl)cc2)cc1. The lowest BCUT2D eigenvalue weighted by Crippen LogP contribution is -2.54. The van der Waals surface area contributed by atoms with Gasteiger partial charge in [-0.15, -0.1) is 0 Å². The molecule has 4 aromatic carbocycles. The fraction of sp³-hybridized carbons (Fsp3) is 0.235. The summed E-state index contributed by atoms with van der Waals surface area (Å²) in [6.07, 6.45) is 0.133. The van der Waals surface area contributed by atoms with E-state index in [0.717, 1.165) is 15.4 Å². The lowest BCUT2D eigenvalue weighted by Gasteiger charge is -2.34. The smallest absolute Gasteiger partial charge is 0.264 e. The second-order valence-electron chi connectivity index (χ2n) is 10.8. The number of aryl methyl sites for hydroxylation is 1. The largest absolute Gasteiger partial charge is 0.352 e. The van der Waals surface area contributed by atoms with Crippen LogP contribution < -0.4 is 9.62 Å². The molecule has 0 heterocycles. The summed E-state index contributed by atoms with van der Waals surface area (Å²) in [5.41, 5.74) is 2.14. The number of sulfonamides is 1. The molecule has 2 amide bonds. The van der Waals surface area contributed by atoms with Gasteiger partial charge in [0.25, 0.3) is 10.0 Å². The maximum absolute atomic E-state index is 15.0. The molecule has 0 saturated heterocycles. The first-order chi connectivity index (χ1) is 21.0. The molecule has 4 rings (SSSR count). The molecule has 0 aromatic heterocycles. The van der Waals surface area contributed by atoms with Crippen LogP contribution in [0, 0.1) is 12.7 Å².